The number of rotatable bonds is 6. The van der Waals surface area contributed by atoms with E-state index >= 15 is 0 Å². The van der Waals surface area contributed by atoms with Crippen molar-refractivity contribution in [1.29, 1.82) is 0 Å². The summed E-state index contributed by atoms with van der Waals surface area (Å²) in [6.07, 6.45) is 3.09. The lowest BCUT2D eigenvalue weighted by Gasteiger charge is -2.24. The Hall–Kier alpha value is -1.06. The summed E-state index contributed by atoms with van der Waals surface area (Å²) >= 11 is 0. The Labute approximate surface area is 103 Å². The first-order valence-corrected chi connectivity index (χ1v) is 6.18. The monoisotopic (exact) mass is 235 g/mol. The van der Waals surface area contributed by atoms with Crippen LogP contribution < -0.4 is 10.1 Å². The van der Waals surface area contributed by atoms with Gasteiger partial charge < -0.3 is 15.2 Å². The van der Waals surface area contributed by atoms with Gasteiger partial charge in [-0.3, -0.25) is 0 Å². The average molecular weight is 235 g/mol. The third kappa shape index (κ3) is 3.72. The summed E-state index contributed by atoms with van der Waals surface area (Å²) in [6, 6.07) is 8.48. The quantitative estimate of drug-likeness (QED) is 0.789. The molecule has 0 bridgehead atoms. The standard InChI is InChI=1S/C14H21NO2/c1-14(16,10-15-12-7-8-12)9-11-5-3-4-6-13(11)17-2/h3-6,12,15-16H,7-10H2,1-2H3. The average Bonchev–Trinajstić information content (AvgIpc) is 3.11. The highest BCUT2D eigenvalue weighted by Gasteiger charge is 2.27. The lowest BCUT2D eigenvalue weighted by atomic mass is 9.96. The Morgan fingerprint density at radius 2 is 2.12 bits per heavy atom. The van der Waals surface area contributed by atoms with Gasteiger partial charge in [0.25, 0.3) is 0 Å². The van der Waals surface area contributed by atoms with Gasteiger partial charge >= 0.3 is 0 Å². The molecule has 1 fully saturated rings. The summed E-state index contributed by atoms with van der Waals surface area (Å²) < 4.78 is 5.30. The maximum absolute atomic E-state index is 10.3. The minimum atomic E-state index is -0.725. The first-order valence-electron chi connectivity index (χ1n) is 6.18. The predicted octanol–water partition coefficient (Wildman–Crippen LogP) is 1.74. The van der Waals surface area contributed by atoms with Crippen molar-refractivity contribution < 1.29 is 9.84 Å². The highest BCUT2D eigenvalue weighted by molar-refractivity contribution is 5.34. The van der Waals surface area contributed by atoms with E-state index in [0.717, 1.165) is 11.3 Å². The molecule has 0 heterocycles. The number of hydrogen-bond acceptors (Lipinski definition) is 3. The van der Waals surface area contributed by atoms with Crippen LogP contribution in [0.3, 0.4) is 0 Å². The van der Waals surface area contributed by atoms with Crippen LogP contribution in [0.5, 0.6) is 5.75 Å². The van der Waals surface area contributed by atoms with Crippen LogP contribution in [0, 0.1) is 0 Å². The second-order valence-corrected chi connectivity index (χ2v) is 5.14. The largest absolute Gasteiger partial charge is 0.496 e. The van der Waals surface area contributed by atoms with Crippen LogP contribution >= 0.6 is 0 Å². The Morgan fingerprint density at radius 1 is 1.41 bits per heavy atom. The van der Waals surface area contributed by atoms with Crippen LogP contribution in [0.1, 0.15) is 25.3 Å². The number of benzene rings is 1. The van der Waals surface area contributed by atoms with Gasteiger partial charge in [0, 0.05) is 19.0 Å². The lowest BCUT2D eigenvalue weighted by Crippen LogP contribution is -2.40. The minimum absolute atomic E-state index is 0.608. The van der Waals surface area contributed by atoms with Crippen molar-refractivity contribution in [3.63, 3.8) is 0 Å². The molecule has 0 radical (unpaired) electrons. The van der Waals surface area contributed by atoms with Crippen molar-refractivity contribution in [1.82, 2.24) is 5.32 Å². The molecule has 1 saturated carbocycles. The molecule has 2 N–H and O–H groups in total. The molecule has 1 aliphatic rings. The van der Waals surface area contributed by atoms with E-state index in [0.29, 0.717) is 19.0 Å². The molecule has 0 aromatic heterocycles. The van der Waals surface area contributed by atoms with E-state index < -0.39 is 5.60 Å². The van der Waals surface area contributed by atoms with E-state index in [1.807, 2.05) is 31.2 Å². The SMILES string of the molecule is COc1ccccc1CC(C)(O)CNC1CC1. The zero-order valence-electron chi connectivity index (χ0n) is 10.6. The van der Waals surface area contributed by atoms with Gasteiger partial charge in [-0.1, -0.05) is 18.2 Å². The van der Waals surface area contributed by atoms with Gasteiger partial charge in [0.15, 0.2) is 0 Å². The molecule has 2 rings (SSSR count). The second-order valence-electron chi connectivity index (χ2n) is 5.14. The number of methoxy groups -OCH3 is 1. The second kappa shape index (κ2) is 5.07. The Kier molecular flexibility index (Phi) is 3.69. The lowest BCUT2D eigenvalue weighted by molar-refractivity contribution is 0.0591. The highest BCUT2D eigenvalue weighted by Crippen LogP contribution is 2.24. The van der Waals surface area contributed by atoms with Crippen LogP contribution in [0.4, 0.5) is 0 Å². The molecule has 1 unspecified atom stereocenters. The zero-order valence-corrected chi connectivity index (χ0v) is 10.6. The van der Waals surface area contributed by atoms with Crippen LogP contribution in [-0.2, 0) is 6.42 Å². The van der Waals surface area contributed by atoms with E-state index in [1.165, 1.54) is 12.8 Å². The summed E-state index contributed by atoms with van der Waals surface area (Å²) in [5, 5.41) is 13.7. The van der Waals surface area contributed by atoms with Crippen molar-refractivity contribution in [2.75, 3.05) is 13.7 Å². The molecule has 0 amide bonds. The number of para-hydroxylation sites is 1. The molecule has 94 valence electrons. The molecule has 3 nitrogen and oxygen atoms in total. The van der Waals surface area contributed by atoms with E-state index in [4.69, 9.17) is 4.74 Å². The smallest absolute Gasteiger partial charge is 0.122 e. The molecule has 0 saturated heterocycles. The molecule has 0 spiro atoms. The fourth-order valence-electron chi connectivity index (χ4n) is 1.97. The van der Waals surface area contributed by atoms with Crippen molar-refractivity contribution in [2.45, 2.75) is 37.8 Å². The van der Waals surface area contributed by atoms with Gasteiger partial charge in [-0.25, -0.2) is 0 Å². The molecule has 1 aromatic rings. The summed E-state index contributed by atoms with van der Waals surface area (Å²) in [7, 11) is 1.66. The van der Waals surface area contributed by atoms with E-state index in [1.54, 1.807) is 7.11 Å². The number of hydrogen-bond donors (Lipinski definition) is 2. The van der Waals surface area contributed by atoms with Crippen molar-refractivity contribution in [3.8, 4) is 5.75 Å². The van der Waals surface area contributed by atoms with Crippen molar-refractivity contribution in [2.24, 2.45) is 0 Å². The van der Waals surface area contributed by atoms with Crippen LogP contribution in [0.15, 0.2) is 24.3 Å². The topological polar surface area (TPSA) is 41.5 Å². The number of aliphatic hydroxyl groups is 1. The Morgan fingerprint density at radius 3 is 2.76 bits per heavy atom. The van der Waals surface area contributed by atoms with E-state index in [9.17, 15) is 5.11 Å². The Bertz CT molecular complexity index is 372. The minimum Gasteiger partial charge on any atom is -0.496 e. The van der Waals surface area contributed by atoms with E-state index in [-0.39, 0.29) is 0 Å². The fourth-order valence-corrected chi connectivity index (χ4v) is 1.97. The van der Waals surface area contributed by atoms with Crippen LogP contribution in [0.2, 0.25) is 0 Å². The van der Waals surface area contributed by atoms with Crippen LogP contribution in [0.25, 0.3) is 0 Å². The summed E-state index contributed by atoms with van der Waals surface area (Å²) in [5.74, 6) is 0.846. The van der Waals surface area contributed by atoms with Gasteiger partial charge in [0.2, 0.25) is 0 Å². The van der Waals surface area contributed by atoms with Gasteiger partial charge in [0.05, 0.1) is 12.7 Å². The van der Waals surface area contributed by atoms with Gasteiger partial charge in [0.1, 0.15) is 5.75 Å². The first kappa shape index (κ1) is 12.4. The molecular weight excluding hydrogens is 214 g/mol. The summed E-state index contributed by atoms with van der Waals surface area (Å²) in [4.78, 5) is 0. The normalized spacial score (nSPS) is 18.8. The third-order valence-corrected chi connectivity index (χ3v) is 3.11. The summed E-state index contributed by atoms with van der Waals surface area (Å²) in [6.45, 7) is 2.50. The highest BCUT2D eigenvalue weighted by atomic mass is 16.5. The third-order valence-electron chi connectivity index (χ3n) is 3.11. The molecule has 1 atom stereocenters. The predicted molar refractivity (Wildman–Crippen MR) is 68.3 cm³/mol. The zero-order chi connectivity index (χ0) is 12.3. The molecular formula is C14H21NO2. The number of ether oxygens (including phenoxy) is 1. The first-order chi connectivity index (χ1) is 8.11. The van der Waals surface area contributed by atoms with Gasteiger partial charge in [-0.15, -0.1) is 0 Å². The van der Waals surface area contributed by atoms with Gasteiger partial charge in [-0.05, 0) is 31.4 Å². The molecule has 0 aliphatic heterocycles. The molecule has 17 heavy (non-hydrogen) atoms. The van der Waals surface area contributed by atoms with Crippen LogP contribution in [-0.4, -0.2) is 30.4 Å². The maximum atomic E-state index is 10.3. The number of nitrogens with one attached hydrogen (secondary N) is 1. The maximum Gasteiger partial charge on any atom is 0.122 e. The Balaban J connectivity index is 1.96. The molecule has 1 aliphatic carbocycles. The summed E-state index contributed by atoms with van der Waals surface area (Å²) in [5.41, 5.74) is 0.328. The molecule has 3 heteroatoms. The molecule has 1 aromatic carbocycles. The van der Waals surface area contributed by atoms with Crippen molar-refractivity contribution >= 4 is 0 Å². The fraction of sp³-hybridized carbons (Fsp3) is 0.571. The van der Waals surface area contributed by atoms with Crippen molar-refractivity contribution in [3.05, 3.63) is 29.8 Å². The van der Waals surface area contributed by atoms with E-state index in [2.05, 4.69) is 5.32 Å². The van der Waals surface area contributed by atoms with Gasteiger partial charge in [-0.2, -0.15) is 0 Å².